The van der Waals surface area contributed by atoms with Gasteiger partial charge in [-0.1, -0.05) is 24.8 Å². The molecule has 0 saturated heterocycles. The van der Waals surface area contributed by atoms with Gasteiger partial charge in [0.25, 0.3) is 0 Å². The molecule has 15 heavy (non-hydrogen) atoms. The molecule has 3 rings (SSSR count). The zero-order valence-corrected chi connectivity index (χ0v) is 8.62. The fourth-order valence-corrected chi connectivity index (χ4v) is 2.20. The Balaban J connectivity index is 2.79. The minimum atomic E-state index is 1.05. The first-order valence-corrected chi connectivity index (χ1v) is 5.03. The lowest BCUT2D eigenvalue weighted by atomic mass is 9.99. The highest BCUT2D eigenvalue weighted by atomic mass is 14.6. The standard InChI is InChI=1S/C14H11N/c1-9-3-5-11-7-8-15-12-6-4-10(2)13(9)14(11)12/h3-8H,2H2,1H3. The van der Waals surface area contributed by atoms with E-state index in [-0.39, 0.29) is 0 Å². The summed E-state index contributed by atoms with van der Waals surface area (Å²) in [5, 5.41) is 4.81. The molecular formula is C14H11N. The van der Waals surface area contributed by atoms with Crippen LogP contribution < -0.4 is 5.22 Å². The largest absolute Gasteiger partial charge is 0.256 e. The molecule has 0 radical (unpaired) electrons. The summed E-state index contributed by atoms with van der Waals surface area (Å²) in [6.07, 6.45) is 1.86. The van der Waals surface area contributed by atoms with E-state index >= 15 is 0 Å². The van der Waals surface area contributed by atoms with Crippen LogP contribution in [0.3, 0.4) is 0 Å². The molecule has 0 aliphatic carbocycles. The van der Waals surface area contributed by atoms with Crippen LogP contribution in [-0.2, 0) is 0 Å². The lowest BCUT2D eigenvalue weighted by Crippen LogP contribution is -2.01. The summed E-state index contributed by atoms with van der Waals surface area (Å²) in [5.41, 5.74) is 2.32. The minimum Gasteiger partial charge on any atom is -0.256 e. The van der Waals surface area contributed by atoms with Crippen molar-refractivity contribution in [3.8, 4) is 0 Å². The first kappa shape index (κ1) is 8.42. The normalized spacial score (nSPS) is 11.3. The Morgan fingerprint density at radius 2 is 1.87 bits per heavy atom. The molecule has 1 aromatic heterocycles. The van der Waals surface area contributed by atoms with E-state index in [4.69, 9.17) is 0 Å². The van der Waals surface area contributed by atoms with Gasteiger partial charge in [-0.2, -0.15) is 0 Å². The van der Waals surface area contributed by atoms with Crippen molar-refractivity contribution in [1.29, 1.82) is 0 Å². The van der Waals surface area contributed by atoms with Crippen molar-refractivity contribution in [2.24, 2.45) is 0 Å². The van der Waals surface area contributed by atoms with Crippen LogP contribution in [0.5, 0.6) is 0 Å². The van der Waals surface area contributed by atoms with E-state index in [1.807, 2.05) is 24.4 Å². The fraction of sp³-hybridized carbons (Fsp3) is 0.0714. The number of hydrogen-bond donors (Lipinski definition) is 0. The Morgan fingerprint density at radius 1 is 1.00 bits per heavy atom. The smallest absolute Gasteiger partial charge is 0.0714 e. The molecule has 1 heterocycles. The van der Waals surface area contributed by atoms with Crippen LogP contribution in [0.1, 0.15) is 5.56 Å². The number of aryl methyl sites for hydroxylation is 1. The molecule has 3 aromatic rings. The van der Waals surface area contributed by atoms with Gasteiger partial charge in [0.1, 0.15) is 0 Å². The van der Waals surface area contributed by atoms with Gasteiger partial charge in [-0.15, -0.1) is 0 Å². The summed E-state index contributed by atoms with van der Waals surface area (Å²) in [5.74, 6) is 0. The highest BCUT2D eigenvalue weighted by Gasteiger charge is 2.04. The SMILES string of the molecule is C=c1ccc2nccc3ccc(C)c1c32. The van der Waals surface area contributed by atoms with Crippen molar-refractivity contribution in [3.05, 3.63) is 47.3 Å². The van der Waals surface area contributed by atoms with Crippen molar-refractivity contribution in [1.82, 2.24) is 4.98 Å². The number of rotatable bonds is 0. The first-order chi connectivity index (χ1) is 7.27. The Hall–Kier alpha value is -1.89. The Morgan fingerprint density at radius 3 is 2.73 bits per heavy atom. The third-order valence-corrected chi connectivity index (χ3v) is 2.93. The molecule has 2 aromatic carbocycles. The van der Waals surface area contributed by atoms with E-state index in [0.717, 1.165) is 10.7 Å². The number of aromatic nitrogens is 1. The summed E-state index contributed by atoms with van der Waals surface area (Å²) < 4.78 is 0. The quantitative estimate of drug-likeness (QED) is 0.535. The fourth-order valence-electron chi connectivity index (χ4n) is 2.20. The molecule has 1 heteroatoms. The summed E-state index contributed by atoms with van der Waals surface area (Å²) in [4.78, 5) is 4.39. The maximum absolute atomic E-state index is 4.39. The van der Waals surface area contributed by atoms with Crippen LogP contribution >= 0.6 is 0 Å². The van der Waals surface area contributed by atoms with Gasteiger partial charge in [0.2, 0.25) is 0 Å². The van der Waals surface area contributed by atoms with Crippen molar-refractivity contribution in [2.75, 3.05) is 0 Å². The zero-order chi connectivity index (χ0) is 10.4. The van der Waals surface area contributed by atoms with E-state index in [0.29, 0.717) is 0 Å². The Bertz CT molecular complexity index is 682. The molecule has 0 aliphatic heterocycles. The molecule has 0 aliphatic rings. The average Bonchev–Trinajstić information content (AvgIpc) is 2.25. The molecule has 0 saturated carbocycles. The molecule has 0 N–H and O–H groups in total. The molecule has 0 spiro atoms. The molecule has 72 valence electrons. The second-order valence-electron chi connectivity index (χ2n) is 3.91. The lowest BCUT2D eigenvalue weighted by molar-refractivity contribution is 1.41. The lowest BCUT2D eigenvalue weighted by Gasteiger charge is -2.07. The summed E-state index contributed by atoms with van der Waals surface area (Å²) >= 11 is 0. The van der Waals surface area contributed by atoms with Gasteiger partial charge in [-0.25, -0.2) is 0 Å². The van der Waals surface area contributed by atoms with Gasteiger partial charge in [-0.05, 0) is 40.6 Å². The minimum absolute atomic E-state index is 1.05. The van der Waals surface area contributed by atoms with Crippen LogP contribution in [0.25, 0.3) is 28.3 Å². The summed E-state index contributed by atoms with van der Waals surface area (Å²) in [6.45, 7) is 6.21. The number of pyridine rings is 1. The maximum atomic E-state index is 4.39. The molecule has 0 amide bonds. The number of benzene rings is 2. The van der Waals surface area contributed by atoms with Gasteiger partial charge in [-0.3, -0.25) is 4.98 Å². The second-order valence-corrected chi connectivity index (χ2v) is 3.91. The molecule has 0 unspecified atom stereocenters. The topological polar surface area (TPSA) is 12.9 Å². The Labute approximate surface area is 88.0 Å². The summed E-state index contributed by atoms with van der Waals surface area (Å²) in [7, 11) is 0. The van der Waals surface area contributed by atoms with Crippen LogP contribution in [0.4, 0.5) is 0 Å². The van der Waals surface area contributed by atoms with Gasteiger partial charge >= 0.3 is 0 Å². The zero-order valence-electron chi connectivity index (χ0n) is 8.62. The van der Waals surface area contributed by atoms with Gasteiger partial charge in [0.05, 0.1) is 5.52 Å². The highest BCUT2D eigenvalue weighted by Crippen LogP contribution is 2.24. The van der Waals surface area contributed by atoms with Crippen molar-refractivity contribution in [2.45, 2.75) is 6.92 Å². The molecule has 1 nitrogen and oxygen atoms in total. The molecular weight excluding hydrogens is 182 g/mol. The summed E-state index contributed by atoms with van der Waals surface area (Å²) in [6, 6.07) is 10.4. The number of nitrogens with zero attached hydrogens (tertiary/aromatic N) is 1. The maximum Gasteiger partial charge on any atom is 0.0714 e. The van der Waals surface area contributed by atoms with Crippen LogP contribution in [0.2, 0.25) is 0 Å². The van der Waals surface area contributed by atoms with E-state index in [1.54, 1.807) is 0 Å². The average molecular weight is 193 g/mol. The molecule has 0 bridgehead atoms. The Kier molecular flexibility index (Phi) is 1.57. The van der Waals surface area contributed by atoms with Gasteiger partial charge in [0, 0.05) is 11.6 Å². The van der Waals surface area contributed by atoms with Crippen LogP contribution in [-0.4, -0.2) is 4.98 Å². The van der Waals surface area contributed by atoms with Gasteiger partial charge in [0.15, 0.2) is 0 Å². The van der Waals surface area contributed by atoms with Crippen molar-refractivity contribution in [3.63, 3.8) is 0 Å². The second kappa shape index (κ2) is 2.80. The van der Waals surface area contributed by atoms with Crippen LogP contribution in [0, 0.1) is 6.92 Å². The van der Waals surface area contributed by atoms with E-state index in [1.165, 1.54) is 21.7 Å². The predicted molar refractivity (Wildman–Crippen MR) is 64.7 cm³/mol. The molecule has 0 fully saturated rings. The van der Waals surface area contributed by atoms with Crippen molar-refractivity contribution >= 4 is 28.3 Å². The number of hydrogen-bond acceptors (Lipinski definition) is 1. The highest BCUT2D eigenvalue weighted by molar-refractivity contribution is 6.09. The molecule has 0 atom stereocenters. The van der Waals surface area contributed by atoms with E-state index < -0.39 is 0 Å². The van der Waals surface area contributed by atoms with Crippen molar-refractivity contribution < 1.29 is 0 Å². The van der Waals surface area contributed by atoms with E-state index in [2.05, 4.69) is 30.6 Å². The third-order valence-electron chi connectivity index (χ3n) is 2.93. The first-order valence-electron chi connectivity index (χ1n) is 5.03. The predicted octanol–water partition coefficient (Wildman–Crippen LogP) is 2.83. The van der Waals surface area contributed by atoms with Gasteiger partial charge < -0.3 is 0 Å². The monoisotopic (exact) mass is 193 g/mol. The third kappa shape index (κ3) is 1.06. The van der Waals surface area contributed by atoms with Crippen LogP contribution in [0.15, 0.2) is 36.5 Å². The van der Waals surface area contributed by atoms with E-state index in [9.17, 15) is 0 Å².